The summed E-state index contributed by atoms with van der Waals surface area (Å²) < 4.78 is 0. The Kier molecular flexibility index (Phi) is 4.83. The molecule has 2 amide bonds. The van der Waals surface area contributed by atoms with Gasteiger partial charge < -0.3 is 10.2 Å². The standard InChI is InChI=1S/C14H21ClN4O/c1-4-18-8-11(3)19(9-10(18)2)14(20)17-12-5-6-13(15)16-7-12/h5-7,10-11H,4,8-9H2,1-3H3,(H,17,20)/t10-,11-/m1/s1. The van der Waals surface area contributed by atoms with Crippen LogP contribution in [0.3, 0.4) is 0 Å². The van der Waals surface area contributed by atoms with Crippen LogP contribution in [0.4, 0.5) is 10.5 Å². The third-order valence-corrected chi connectivity index (χ3v) is 3.98. The van der Waals surface area contributed by atoms with E-state index in [-0.39, 0.29) is 12.1 Å². The van der Waals surface area contributed by atoms with E-state index in [9.17, 15) is 4.79 Å². The van der Waals surface area contributed by atoms with Crippen LogP contribution < -0.4 is 5.32 Å². The first-order valence-electron chi connectivity index (χ1n) is 6.94. The molecule has 1 fully saturated rings. The highest BCUT2D eigenvalue weighted by Gasteiger charge is 2.31. The molecule has 1 saturated heterocycles. The van der Waals surface area contributed by atoms with Crippen molar-refractivity contribution in [3.63, 3.8) is 0 Å². The Balaban J connectivity index is 2.00. The highest BCUT2D eigenvalue weighted by Crippen LogP contribution is 2.17. The number of hydrogen-bond donors (Lipinski definition) is 1. The highest BCUT2D eigenvalue weighted by atomic mass is 35.5. The predicted octanol–water partition coefficient (Wildman–Crippen LogP) is 2.68. The molecule has 0 unspecified atom stereocenters. The minimum Gasteiger partial charge on any atom is -0.319 e. The van der Waals surface area contributed by atoms with Gasteiger partial charge in [0.25, 0.3) is 0 Å². The van der Waals surface area contributed by atoms with Crippen LogP contribution in [0.2, 0.25) is 5.15 Å². The van der Waals surface area contributed by atoms with Gasteiger partial charge in [0.05, 0.1) is 11.9 Å². The van der Waals surface area contributed by atoms with Crippen molar-refractivity contribution >= 4 is 23.3 Å². The number of amides is 2. The lowest BCUT2D eigenvalue weighted by Crippen LogP contribution is -2.58. The minimum absolute atomic E-state index is 0.0794. The Labute approximate surface area is 124 Å². The lowest BCUT2D eigenvalue weighted by Gasteiger charge is -2.43. The summed E-state index contributed by atoms with van der Waals surface area (Å²) in [5.74, 6) is 0. The number of anilines is 1. The molecule has 0 aliphatic carbocycles. The van der Waals surface area contributed by atoms with E-state index in [1.807, 2.05) is 4.90 Å². The Morgan fingerprint density at radius 3 is 2.75 bits per heavy atom. The number of rotatable bonds is 2. The van der Waals surface area contributed by atoms with Gasteiger partial charge >= 0.3 is 6.03 Å². The smallest absolute Gasteiger partial charge is 0.319 e. The summed E-state index contributed by atoms with van der Waals surface area (Å²) in [6.45, 7) is 9.04. The van der Waals surface area contributed by atoms with Gasteiger partial charge in [-0.15, -0.1) is 0 Å². The molecule has 0 spiro atoms. The first kappa shape index (κ1) is 15.1. The van der Waals surface area contributed by atoms with Crippen LogP contribution in [0.25, 0.3) is 0 Å². The van der Waals surface area contributed by atoms with Gasteiger partial charge in [-0.1, -0.05) is 18.5 Å². The van der Waals surface area contributed by atoms with Crippen molar-refractivity contribution in [3.8, 4) is 0 Å². The summed E-state index contributed by atoms with van der Waals surface area (Å²) in [7, 11) is 0. The Hall–Kier alpha value is -1.33. The average Bonchev–Trinajstić information content (AvgIpc) is 2.43. The van der Waals surface area contributed by atoms with E-state index in [2.05, 4.69) is 36.0 Å². The van der Waals surface area contributed by atoms with Crippen LogP contribution in [0.1, 0.15) is 20.8 Å². The van der Waals surface area contributed by atoms with Gasteiger partial charge in [0, 0.05) is 25.2 Å². The fourth-order valence-corrected chi connectivity index (χ4v) is 2.68. The van der Waals surface area contributed by atoms with E-state index < -0.39 is 0 Å². The zero-order valence-electron chi connectivity index (χ0n) is 12.1. The monoisotopic (exact) mass is 296 g/mol. The maximum absolute atomic E-state index is 12.3. The summed E-state index contributed by atoms with van der Waals surface area (Å²) in [4.78, 5) is 20.6. The lowest BCUT2D eigenvalue weighted by atomic mass is 10.1. The third-order valence-electron chi connectivity index (χ3n) is 3.76. The van der Waals surface area contributed by atoms with Gasteiger partial charge in [0.2, 0.25) is 0 Å². The zero-order valence-corrected chi connectivity index (χ0v) is 12.9. The van der Waals surface area contributed by atoms with E-state index in [1.165, 1.54) is 0 Å². The molecular weight excluding hydrogens is 276 g/mol. The number of halogens is 1. The molecule has 2 rings (SSSR count). The van der Waals surface area contributed by atoms with Crippen molar-refractivity contribution in [2.75, 3.05) is 25.0 Å². The summed E-state index contributed by atoms with van der Waals surface area (Å²) in [6.07, 6.45) is 1.57. The second-order valence-electron chi connectivity index (χ2n) is 5.24. The molecule has 2 heterocycles. The molecule has 0 bridgehead atoms. The van der Waals surface area contributed by atoms with Gasteiger partial charge in [-0.2, -0.15) is 0 Å². The van der Waals surface area contributed by atoms with Crippen molar-refractivity contribution in [3.05, 3.63) is 23.5 Å². The molecule has 0 radical (unpaired) electrons. The van der Waals surface area contributed by atoms with Gasteiger partial charge in [-0.05, 0) is 32.5 Å². The Morgan fingerprint density at radius 1 is 1.40 bits per heavy atom. The molecule has 1 N–H and O–H groups in total. The fraction of sp³-hybridized carbons (Fsp3) is 0.571. The second kappa shape index (κ2) is 6.41. The van der Waals surface area contributed by atoms with Gasteiger partial charge in [-0.3, -0.25) is 4.90 Å². The van der Waals surface area contributed by atoms with E-state index in [1.54, 1.807) is 18.3 Å². The Bertz CT molecular complexity index is 465. The molecule has 1 aromatic rings. The van der Waals surface area contributed by atoms with Crippen molar-refractivity contribution in [2.24, 2.45) is 0 Å². The molecule has 20 heavy (non-hydrogen) atoms. The first-order chi connectivity index (χ1) is 9.51. The van der Waals surface area contributed by atoms with Crippen molar-refractivity contribution in [1.82, 2.24) is 14.8 Å². The Morgan fingerprint density at radius 2 is 2.15 bits per heavy atom. The van der Waals surface area contributed by atoms with Gasteiger partial charge in [0.1, 0.15) is 5.15 Å². The maximum Gasteiger partial charge on any atom is 0.322 e. The number of urea groups is 1. The molecule has 1 aliphatic heterocycles. The number of aromatic nitrogens is 1. The number of carbonyl (C=O) groups excluding carboxylic acids is 1. The van der Waals surface area contributed by atoms with Crippen LogP contribution in [0.5, 0.6) is 0 Å². The minimum atomic E-state index is -0.0794. The summed E-state index contributed by atoms with van der Waals surface area (Å²) >= 11 is 5.73. The van der Waals surface area contributed by atoms with Gasteiger partial charge in [-0.25, -0.2) is 9.78 Å². The molecule has 1 aromatic heterocycles. The van der Waals surface area contributed by atoms with E-state index in [4.69, 9.17) is 11.6 Å². The highest BCUT2D eigenvalue weighted by molar-refractivity contribution is 6.29. The van der Waals surface area contributed by atoms with E-state index >= 15 is 0 Å². The van der Waals surface area contributed by atoms with Crippen LogP contribution >= 0.6 is 11.6 Å². The quantitative estimate of drug-likeness (QED) is 0.854. The third kappa shape index (κ3) is 3.41. The number of pyridine rings is 1. The molecule has 2 atom stereocenters. The van der Waals surface area contributed by atoms with Gasteiger partial charge in [0.15, 0.2) is 0 Å². The average molecular weight is 297 g/mol. The number of nitrogens with zero attached hydrogens (tertiary/aromatic N) is 3. The molecule has 5 nitrogen and oxygen atoms in total. The van der Waals surface area contributed by atoms with Crippen LogP contribution in [0.15, 0.2) is 18.3 Å². The number of likely N-dealkylation sites (N-methyl/N-ethyl adjacent to an activating group) is 1. The normalized spacial score (nSPS) is 23.7. The molecule has 6 heteroatoms. The lowest BCUT2D eigenvalue weighted by molar-refractivity contribution is 0.0720. The van der Waals surface area contributed by atoms with Crippen molar-refractivity contribution < 1.29 is 4.79 Å². The van der Waals surface area contributed by atoms with Crippen LogP contribution in [-0.4, -0.2) is 52.5 Å². The molecule has 0 saturated carbocycles. The molecule has 1 aliphatic rings. The maximum atomic E-state index is 12.3. The molecule has 0 aromatic carbocycles. The van der Waals surface area contributed by atoms with Crippen LogP contribution in [-0.2, 0) is 0 Å². The largest absolute Gasteiger partial charge is 0.322 e. The summed E-state index contributed by atoms with van der Waals surface area (Å²) in [5, 5.41) is 3.29. The van der Waals surface area contributed by atoms with Crippen molar-refractivity contribution in [1.29, 1.82) is 0 Å². The predicted molar refractivity (Wildman–Crippen MR) is 81.1 cm³/mol. The number of carbonyl (C=O) groups is 1. The van der Waals surface area contributed by atoms with Crippen molar-refractivity contribution in [2.45, 2.75) is 32.9 Å². The summed E-state index contributed by atoms with van der Waals surface area (Å²) in [6, 6.07) is 3.92. The number of nitrogens with one attached hydrogen (secondary N) is 1. The number of piperazine rings is 1. The molecular formula is C14H21ClN4O. The van der Waals surface area contributed by atoms with Crippen LogP contribution in [0, 0.1) is 0 Å². The van der Waals surface area contributed by atoms with E-state index in [0.29, 0.717) is 16.9 Å². The zero-order chi connectivity index (χ0) is 14.7. The summed E-state index contributed by atoms with van der Waals surface area (Å²) in [5.41, 5.74) is 0.664. The molecule has 110 valence electrons. The first-order valence-corrected chi connectivity index (χ1v) is 7.32. The SMILES string of the molecule is CCN1C[C@@H](C)N(C(=O)Nc2ccc(Cl)nc2)C[C@H]1C. The second-order valence-corrected chi connectivity index (χ2v) is 5.62. The number of hydrogen-bond acceptors (Lipinski definition) is 3. The topological polar surface area (TPSA) is 48.5 Å². The fourth-order valence-electron chi connectivity index (χ4n) is 2.57. The van der Waals surface area contributed by atoms with E-state index in [0.717, 1.165) is 19.6 Å².